The lowest BCUT2D eigenvalue weighted by Gasteiger charge is -2.25. The van der Waals surface area contributed by atoms with Crippen LogP contribution in [-0.2, 0) is 30.3 Å². The third-order valence-electron chi connectivity index (χ3n) is 4.04. The molecule has 3 fully saturated rings. The van der Waals surface area contributed by atoms with E-state index in [9.17, 15) is 0 Å². The molecule has 1 aromatic carbocycles. The molecule has 3 saturated heterocycles. The van der Waals surface area contributed by atoms with E-state index in [2.05, 4.69) is 0 Å². The molecule has 0 spiro atoms. The Kier molecular flexibility index (Phi) is 3.28. The SMILES string of the molecule is CC1(C)O[C@H]2O[C@H]([C@H]3CO3)[C@@H](OCc3ccccc3)[C@H]2O1. The molecule has 21 heavy (non-hydrogen) atoms. The van der Waals surface area contributed by atoms with Crippen molar-refractivity contribution in [3.63, 3.8) is 0 Å². The molecule has 114 valence electrons. The van der Waals surface area contributed by atoms with Gasteiger partial charge in [-0.1, -0.05) is 30.3 Å². The largest absolute Gasteiger partial charge is 0.370 e. The first-order chi connectivity index (χ1) is 10.1. The van der Waals surface area contributed by atoms with Gasteiger partial charge in [0.25, 0.3) is 0 Å². The highest BCUT2D eigenvalue weighted by atomic mass is 16.8. The minimum Gasteiger partial charge on any atom is -0.370 e. The lowest BCUT2D eigenvalue weighted by atomic mass is 10.1. The van der Waals surface area contributed by atoms with Crippen LogP contribution in [0, 0.1) is 0 Å². The second-order valence-electron chi connectivity index (χ2n) is 6.20. The molecule has 0 saturated carbocycles. The van der Waals surface area contributed by atoms with Gasteiger partial charge in [-0.15, -0.1) is 0 Å². The van der Waals surface area contributed by atoms with Crippen LogP contribution in [0.3, 0.4) is 0 Å². The molecule has 1 aromatic rings. The van der Waals surface area contributed by atoms with Gasteiger partial charge in [0.05, 0.1) is 13.2 Å². The highest BCUT2D eigenvalue weighted by molar-refractivity contribution is 5.13. The van der Waals surface area contributed by atoms with E-state index in [1.807, 2.05) is 44.2 Å². The number of hydrogen-bond donors (Lipinski definition) is 0. The molecule has 5 heteroatoms. The van der Waals surface area contributed by atoms with Crippen molar-refractivity contribution in [3.05, 3.63) is 35.9 Å². The zero-order chi connectivity index (χ0) is 14.4. The molecule has 0 unspecified atom stereocenters. The summed E-state index contributed by atoms with van der Waals surface area (Å²) >= 11 is 0. The first kappa shape index (κ1) is 13.7. The fourth-order valence-electron chi connectivity index (χ4n) is 3.01. The molecule has 5 atom stereocenters. The van der Waals surface area contributed by atoms with Crippen molar-refractivity contribution in [1.82, 2.24) is 0 Å². The van der Waals surface area contributed by atoms with Crippen molar-refractivity contribution in [3.8, 4) is 0 Å². The molecule has 0 radical (unpaired) electrons. The quantitative estimate of drug-likeness (QED) is 0.793. The van der Waals surface area contributed by atoms with Gasteiger partial charge >= 0.3 is 0 Å². The summed E-state index contributed by atoms with van der Waals surface area (Å²) in [6.07, 6.45) is -0.733. The second kappa shape index (κ2) is 5.04. The molecule has 3 aliphatic heterocycles. The summed E-state index contributed by atoms with van der Waals surface area (Å²) in [4.78, 5) is 0. The van der Waals surface area contributed by atoms with Crippen molar-refractivity contribution >= 4 is 0 Å². The predicted octanol–water partition coefficient (Wildman–Crippen LogP) is 1.85. The standard InChI is InChI=1S/C16H20O5/c1-16(2)20-14-13(18-8-10-6-4-3-5-7-10)12(11-9-17-11)19-15(14)21-16/h3-7,11-15H,8-9H2,1-2H3/t11-,12-,13-,14-,15-/m1/s1. The topological polar surface area (TPSA) is 49.5 Å². The molecule has 3 aliphatic rings. The van der Waals surface area contributed by atoms with Crippen LogP contribution >= 0.6 is 0 Å². The van der Waals surface area contributed by atoms with Gasteiger partial charge in [0.2, 0.25) is 0 Å². The van der Waals surface area contributed by atoms with E-state index in [1.54, 1.807) is 0 Å². The van der Waals surface area contributed by atoms with E-state index >= 15 is 0 Å². The molecule has 0 aromatic heterocycles. The highest BCUT2D eigenvalue weighted by Gasteiger charge is 2.59. The third kappa shape index (κ3) is 2.72. The highest BCUT2D eigenvalue weighted by Crippen LogP contribution is 2.42. The maximum absolute atomic E-state index is 6.10. The van der Waals surface area contributed by atoms with E-state index in [1.165, 1.54) is 0 Å². The molecule has 5 nitrogen and oxygen atoms in total. The minimum atomic E-state index is -0.626. The lowest BCUT2D eigenvalue weighted by Crippen LogP contribution is -2.39. The fraction of sp³-hybridized carbons (Fsp3) is 0.625. The Morgan fingerprint density at radius 3 is 2.62 bits per heavy atom. The Balaban J connectivity index is 1.47. The summed E-state index contributed by atoms with van der Waals surface area (Å²) in [5.74, 6) is -0.626. The van der Waals surface area contributed by atoms with Crippen LogP contribution in [-0.4, -0.2) is 43.1 Å². The molecule has 4 rings (SSSR count). The van der Waals surface area contributed by atoms with Crippen LogP contribution in [0.2, 0.25) is 0 Å². The van der Waals surface area contributed by atoms with E-state index in [0.717, 1.165) is 12.2 Å². The van der Waals surface area contributed by atoms with Gasteiger partial charge in [0.15, 0.2) is 12.1 Å². The normalized spacial score (nSPS) is 40.2. The van der Waals surface area contributed by atoms with Gasteiger partial charge in [-0.05, 0) is 19.4 Å². The van der Waals surface area contributed by atoms with Crippen LogP contribution in [0.15, 0.2) is 30.3 Å². The lowest BCUT2D eigenvalue weighted by molar-refractivity contribution is -0.221. The van der Waals surface area contributed by atoms with Gasteiger partial charge in [-0.3, -0.25) is 0 Å². The molecule has 3 heterocycles. The van der Waals surface area contributed by atoms with E-state index in [-0.39, 0.29) is 30.7 Å². The molecule has 0 aliphatic carbocycles. The van der Waals surface area contributed by atoms with Gasteiger partial charge < -0.3 is 23.7 Å². The Labute approximate surface area is 124 Å². The number of rotatable bonds is 4. The van der Waals surface area contributed by atoms with Crippen molar-refractivity contribution in [2.45, 2.75) is 56.9 Å². The van der Waals surface area contributed by atoms with Crippen LogP contribution in [0.1, 0.15) is 19.4 Å². The number of epoxide rings is 1. The van der Waals surface area contributed by atoms with Gasteiger partial charge in [0, 0.05) is 0 Å². The van der Waals surface area contributed by atoms with Crippen molar-refractivity contribution in [2.24, 2.45) is 0 Å². The fourth-order valence-corrected chi connectivity index (χ4v) is 3.01. The third-order valence-corrected chi connectivity index (χ3v) is 4.04. The van der Waals surface area contributed by atoms with Gasteiger partial charge in [0.1, 0.15) is 24.4 Å². The Morgan fingerprint density at radius 2 is 1.90 bits per heavy atom. The summed E-state index contributed by atoms with van der Waals surface area (Å²) in [6.45, 7) is 5.04. The average Bonchev–Trinajstić information content (AvgIpc) is 3.18. The minimum absolute atomic E-state index is 0.103. The van der Waals surface area contributed by atoms with Crippen molar-refractivity contribution in [1.29, 1.82) is 0 Å². The first-order valence-electron chi connectivity index (χ1n) is 7.41. The van der Waals surface area contributed by atoms with Crippen LogP contribution in [0.25, 0.3) is 0 Å². The molecule has 0 bridgehead atoms. The van der Waals surface area contributed by atoms with Crippen LogP contribution in [0.4, 0.5) is 0 Å². The average molecular weight is 292 g/mol. The maximum atomic E-state index is 6.10. The predicted molar refractivity (Wildman–Crippen MR) is 73.5 cm³/mol. The smallest absolute Gasteiger partial charge is 0.190 e. The monoisotopic (exact) mass is 292 g/mol. The van der Waals surface area contributed by atoms with Crippen LogP contribution < -0.4 is 0 Å². The van der Waals surface area contributed by atoms with Crippen molar-refractivity contribution in [2.75, 3.05) is 6.61 Å². The summed E-state index contributed by atoms with van der Waals surface area (Å²) < 4.78 is 29.2. The Hall–Kier alpha value is -0.980. The number of hydrogen-bond acceptors (Lipinski definition) is 5. The summed E-state index contributed by atoms with van der Waals surface area (Å²) in [7, 11) is 0. The van der Waals surface area contributed by atoms with E-state index in [0.29, 0.717) is 6.61 Å². The summed E-state index contributed by atoms with van der Waals surface area (Å²) in [5, 5.41) is 0. The molecular formula is C16H20O5. The maximum Gasteiger partial charge on any atom is 0.190 e. The van der Waals surface area contributed by atoms with E-state index in [4.69, 9.17) is 23.7 Å². The molecule has 0 amide bonds. The Bertz CT molecular complexity index is 499. The summed E-state index contributed by atoms with van der Waals surface area (Å²) in [6, 6.07) is 10.1. The number of ether oxygens (including phenoxy) is 5. The number of benzene rings is 1. The van der Waals surface area contributed by atoms with E-state index < -0.39 is 5.79 Å². The number of fused-ring (bicyclic) bond motifs is 1. The zero-order valence-electron chi connectivity index (χ0n) is 12.2. The van der Waals surface area contributed by atoms with Crippen molar-refractivity contribution < 1.29 is 23.7 Å². The van der Waals surface area contributed by atoms with Gasteiger partial charge in [-0.2, -0.15) is 0 Å². The molecule has 0 N–H and O–H groups in total. The zero-order valence-corrected chi connectivity index (χ0v) is 12.2. The second-order valence-corrected chi connectivity index (χ2v) is 6.20. The van der Waals surface area contributed by atoms with Gasteiger partial charge in [-0.25, -0.2) is 0 Å². The summed E-state index contributed by atoms with van der Waals surface area (Å²) in [5.41, 5.74) is 1.13. The molecular weight excluding hydrogens is 272 g/mol. The Morgan fingerprint density at radius 1 is 1.14 bits per heavy atom. The first-order valence-corrected chi connectivity index (χ1v) is 7.41. The van der Waals surface area contributed by atoms with Crippen LogP contribution in [0.5, 0.6) is 0 Å².